The number of benzene rings is 1. The van der Waals surface area contributed by atoms with Gasteiger partial charge in [0.2, 0.25) is 0 Å². The Morgan fingerprint density at radius 2 is 1.36 bits per heavy atom. The monoisotopic (exact) mass is 406 g/mol. The fourth-order valence-corrected chi connectivity index (χ4v) is 21.2. The van der Waals surface area contributed by atoms with Gasteiger partial charge in [0.1, 0.15) is 0 Å². The van der Waals surface area contributed by atoms with Crippen molar-refractivity contribution < 1.29 is 0 Å². The number of allylic oxidation sites excluding steroid dienone is 1. The number of rotatable bonds is 10. The summed E-state index contributed by atoms with van der Waals surface area (Å²) in [5, 5.41) is 0. The van der Waals surface area contributed by atoms with Gasteiger partial charge >= 0.3 is 142 Å². The molecule has 0 saturated heterocycles. The van der Waals surface area contributed by atoms with E-state index in [-0.39, 0.29) is 0 Å². The standard InChI is InChI=1S/C9H7.3C4H9.Sn/c1-2-5-9-7-3-6-8(9)4-1;3*1-3-4-2;/h1-5H,6H2;3*1,3-4H2,2H3;. The van der Waals surface area contributed by atoms with Gasteiger partial charge in [-0.15, -0.1) is 0 Å². The summed E-state index contributed by atoms with van der Waals surface area (Å²) in [6, 6.07) is 9.25. The van der Waals surface area contributed by atoms with Crippen LogP contribution in [-0.2, 0) is 6.42 Å². The van der Waals surface area contributed by atoms with E-state index in [0.29, 0.717) is 0 Å². The number of fused-ring (bicyclic) bond motifs is 1. The van der Waals surface area contributed by atoms with Crippen LogP contribution < -0.4 is 0 Å². The normalized spacial score (nSPS) is 14.0. The van der Waals surface area contributed by atoms with Gasteiger partial charge in [0, 0.05) is 0 Å². The molecule has 2 rings (SSSR count). The van der Waals surface area contributed by atoms with Crippen molar-refractivity contribution in [2.45, 2.75) is 79.0 Å². The second-order valence-corrected chi connectivity index (χ2v) is 20.2. The van der Waals surface area contributed by atoms with Crippen LogP contribution in [0.15, 0.2) is 30.3 Å². The van der Waals surface area contributed by atoms with E-state index in [9.17, 15) is 0 Å². The Hall–Kier alpha value is -0.241. The first-order valence-electron chi connectivity index (χ1n) is 9.56. The van der Waals surface area contributed by atoms with Crippen molar-refractivity contribution in [3.8, 4) is 0 Å². The average molecular weight is 405 g/mol. The van der Waals surface area contributed by atoms with Crippen LogP contribution in [0.1, 0.15) is 70.4 Å². The van der Waals surface area contributed by atoms with Gasteiger partial charge in [0.05, 0.1) is 0 Å². The maximum absolute atomic E-state index is 2.65. The van der Waals surface area contributed by atoms with Gasteiger partial charge in [-0.3, -0.25) is 0 Å². The molecule has 0 fully saturated rings. The molecule has 1 aliphatic rings. The third-order valence-corrected chi connectivity index (χ3v) is 21.3. The Morgan fingerprint density at radius 1 is 0.818 bits per heavy atom. The summed E-state index contributed by atoms with van der Waals surface area (Å²) >= 11 is -2.21. The van der Waals surface area contributed by atoms with Crippen LogP contribution in [0.2, 0.25) is 13.3 Å². The summed E-state index contributed by atoms with van der Waals surface area (Å²) in [5.74, 6) is 0. The van der Waals surface area contributed by atoms with Gasteiger partial charge in [-0.2, -0.15) is 0 Å². The Balaban J connectivity index is 2.32. The summed E-state index contributed by atoms with van der Waals surface area (Å²) in [5.41, 5.74) is 3.25. The molecule has 0 aliphatic heterocycles. The van der Waals surface area contributed by atoms with Crippen LogP contribution in [0.3, 0.4) is 0 Å². The number of hydrogen-bond acceptors (Lipinski definition) is 0. The molecule has 0 heterocycles. The van der Waals surface area contributed by atoms with Crippen molar-refractivity contribution in [3.63, 3.8) is 0 Å². The molecule has 0 aromatic heterocycles. The molecule has 0 N–H and O–H groups in total. The summed E-state index contributed by atoms with van der Waals surface area (Å²) in [6.45, 7) is 7.10. The molecule has 0 bridgehead atoms. The van der Waals surface area contributed by atoms with E-state index in [1.54, 1.807) is 24.4 Å². The van der Waals surface area contributed by atoms with Crippen LogP contribution in [0.4, 0.5) is 0 Å². The van der Waals surface area contributed by atoms with Crippen LogP contribution in [0.25, 0.3) is 3.59 Å². The summed E-state index contributed by atoms with van der Waals surface area (Å²) in [4.78, 5) is 0. The van der Waals surface area contributed by atoms with Crippen molar-refractivity contribution >= 4 is 22.0 Å². The maximum atomic E-state index is 2.65. The Bertz CT molecular complexity index is 465. The molecule has 1 aliphatic carbocycles. The number of hydrogen-bond donors (Lipinski definition) is 0. The third kappa shape index (κ3) is 4.19. The first-order chi connectivity index (χ1) is 10.8. The zero-order valence-corrected chi connectivity index (χ0v) is 17.8. The predicted molar refractivity (Wildman–Crippen MR) is 103 cm³/mol. The van der Waals surface area contributed by atoms with Crippen molar-refractivity contribution in [3.05, 3.63) is 41.5 Å². The molecule has 122 valence electrons. The van der Waals surface area contributed by atoms with Gasteiger partial charge in [0.25, 0.3) is 0 Å². The molecule has 0 unspecified atom stereocenters. The quantitative estimate of drug-likeness (QED) is 0.367. The van der Waals surface area contributed by atoms with Crippen molar-refractivity contribution in [1.82, 2.24) is 0 Å². The van der Waals surface area contributed by atoms with Crippen molar-refractivity contribution in [1.29, 1.82) is 0 Å². The molecule has 0 amide bonds. The fraction of sp³-hybridized carbons (Fsp3) is 0.619. The molecule has 1 heteroatoms. The van der Waals surface area contributed by atoms with Crippen LogP contribution >= 0.6 is 0 Å². The molecule has 0 saturated carbocycles. The van der Waals surface area contributed by atoms with E-state index >= 15 is 0 Å². The van der Waals surface area contributed by atoms with Gasteiger partial charge in [0.15, 0.2) is 0 Å². The molecular formula is C21H34Sn. The first kappa shape index (κ1) is 18.1. The van der Waals surface area contributed by atoms with Crippen LogP contribution in [0.5, 0.6) is 0 Å². The Morgan fingerprint density at radius 3 is 1.91 bits per heavy atom. The van der Waals surface area contributed by atoms with E-state index < -0.39 is 18.4 Å². The van der Waals surface area contributed by atoms with Gasteiger partial charge in [-0.1, -0.05) is 0 Å². The van der Waals surface area contributed by atoms with E-state index in [4.69, 9.17) is 0 Å². The molecule has 1 aromatic rings. The molecular weight excluding hydrogens is 371 g/mol. The van der Waals surface area contributed by atoms with E-state index in [2.05, 4.69) is 51.1 Å². The molecule has 22 heavy (non-hydrogen) atoms. The minimum atomic E-state index is -2.21. The van der Waals surface area contributed by atoms with Gasteiger partial charge in [-0.25, -0.2) is 0 Å². The van der Waals surface area contributed by atoms with E-state index in [1.807, 2.05) is 3.59 Å². The minimum absolute atomic E-state index is 1.20. The van der Waals surface area contributed by atoms with Crippen LogP contribution in [0, 0.1) is 0 Å². The Labute approximate surface area is 142 Å². The summed E-state index contributed by atoms with van der Waals surface area (Å²) in [6.07, 6.45) is 12.3. The van der Waals surface area contributed by atoms with Crippen molar-refractivity contribution in [2.75, 3.05) is 0 Å². The summed E-state index contributed by atoms with van der Waals surface area (Å²) < 4.78 is 6.67. The van der Waals surface area contributed by atoms with Crippen LogP contribution in [-0.4, -0.2) is 18.4 Å². The fourth-order valence-electron chi connectivity index (χ4n) is 4.11. The second kappa shape index (κ2) is 9.15. The zero-order chi connectivity index (χ0) is 15.8. The average Bonchev–Trinajstić information content (AvgIpc) is 2.99. The first-order valence-corrected chi connectivity index (χ1v) is 17.0. The third-order valence-electron chi connectivity index (χ3n) is 5.43. The molecule has 0 spiro atoms. The topological polar surface area (TPSA) is 0 Å². The van der Waals surface area contributed by atoms with E-state index in [1.165, 1.54) is 44.9 Å². The van der Waals surface area contributed by atoms with Crippen molar-refractivity contribution in [2.24, 2.45) is 0 Å². The second-order valence-electron chi connectivity index (χ2n) is 7.07. The van der Waals surface area contributed by atoms with Gasteiger partial charge in [-0.05, 0) is 0 Å². The summed E-state index contributed by atoms with van der Waals surface area (Å²) in [7, 11) is 0. The Kier molecular flexibility index (Phi) is 7.53. The molecule has 1 aromatic carbocycles. The zero-order valence-electron chi connectivity index (χ0n) is 15.0. The number of unbranched alkanes of at least 4 members (excludes halogenated alkanes) is 3. The van der Waals surface area contributed by atoms with Gasteiger partial charge < -0.3 is 0 Å². The molecule has 0 radical (unpaired) electrons. The molecule has 0 nitrogen and oxygen atoms in total. The molecule has 0 atom stereocenters. The van der Waals surface area contributed by atoms with E-state index in [0.717, 1.165) is 0 Å². The SMILES string of the molecule is CCC[CH2][Sn]([CH2]CCC)([CH2]CCC)[C]1=CCc2ccccc21. The predicted octanol–water partition coefficient (Wildman–Crippen LogP) is 7.01.